The van der Waals surface area contributed by atoms with Crippen molar-refractivity contribution in [1.82, 2.24) is 0 Å². The molecule has 3 nitrogen and oxygen atoms in total. The standard InChI is InChI=1S/C16H17NO2/c1-11-6-4-8-14(12(11)2)17-10-13-7-5-9-15(19-3)16(13)18/h4-10,18H,1-3H3. The molecule has 2 aromatic rings. The van der Waals surface area contributed by atoms with Gasteiger partial charge in [-0.1, -0.05) is 18.2 Å². The molecule has 0 radical (unpaired) electrons. The fourth-order valence-electron chi connectivity index (χ4n) is 1.82. The molecule has 2 aromatic carbocycles. The van der Waals surface area contributed by atoms with E-state index in [-0.39, 0.29) is 5.75 Å². The van der Waals surface area contributed by atoms with E-state index in [1.165, 1.54) is 12.7 Å². The summed E-state index contributed by atoms with van der Waals surface area (Å²) in [7, 11) is 1.53. The van der Waals surface area contributed by atoms with Crippen LogP contribution in [0.5, 0.6) is 11.5 Å². The van der Waals surface area contributed by atoms with Gasteiger partial charge in [-0.3, -0.25) is 4.99 Å². The quantitative estimate of drug-likeness (QED) is 0.848. The predicted octanol–water partition coefficient (Wildman–Crippen LogP) is 3.77. The zero-order valence-corrected chi connectivity index (χ0v) is 11.3. The summed E-state index contributed by atoms with van der Waals surface area (Å²) in [6.07, 6.45) is 1.65. The second kappa shape index (κ2) is 5.57. The highest BCUT2D eigenvalue weighted by Crippen LogP contribution is 2.29. The van der Waals surface area contributed by atoms with E-state index in [2.05, 4.69) is 18.0 Å². The molecular formula is C16H17NO2. The third-order valence-electron chi connectivity index (χ3n) is 3.17. The van der Waals surface area contributed by atoms with Crippen molar-refractivity contribution < 1.29 is 9.84 Å². The van der Waals surface area contributed by atoms with E-state index < -0.39 is 0 Å². The Kier molecular flexibility index (Phi) is 3.85. The SMILES string of the molecule is COc1cccc(C=Nc2cccc(C)c2C)c1O. The molecule has 0 atom stereocenters. The van der Waals surface area contributed by atoms with Gasteiger partial charge in [0.25, 0.3) is 0 Å². The Morgan fingerprint density at radius 3 is 2.58 bits per heavy atom. The number of aromatic hydroxyl groups is 1. The van der Waals surface area contributed by atoms with Crippen LogP contribution < -0.4 is 4.74 Å². The number of aliphatic imine (C=N–C) groups is 1. The molecule has 0 aliphatic rings. The van der Waals surface area contributed by atoms with Crippen molar-refractivity contribution in [2.24, 2.45) is 4.99 Å². The van der Waals surface area contributed by atoms with E-state index in [1.807, 2.05) is 25.1 Å². The molecule has 0 aliphatic heterocycles. The van der Waals surface area contributed by atoms with Gasteiger partial charge in [0.15, 0.2) is 11.5 Å². The zero-order valence-electron chi connectivity index (χ0n) is 11.3. The molecule has 0 heterocycles. The van der Waals surface area contributed by atoms with Gasteiger partial charge in [0.05, 0.1) is 12.8 Å². The molecular weight excluding hydrogens is 238 g/mol. The lowest BCUT2D eigenvalue weighted by Gasteiger charge is -2.06. The molecule has 19 heavy (non-hydrogen) atoms. The van der Waals surface area contributed by atoms with Crippen LogP contribution in [0.4, 0.5) is 5.69 Å². The average molecular weight is 255 g/mol. The summed E-state index contributed by atoms with van der Waals surface area (Å²) in [5.41, 5.74) is 3.88. The maximum atomic E-state index is 9.97. The van der Waals surface area contributed by atoms with Crippen LogP contribution in [0.15, 0.2) is 41.4 Å². The van der Waals surface area contributed by atoms with Crippen molar-refractivity contribution in [2.75, 3.05) is 7.11 Å². The van der Waals surface area contributed by atoms with Crippen LogP contribution in [-0.4, -0.2) is 18.4 Å². The summed E-state index contributed by atoms with van der Waals surface area (Å²) in [4.78, 5) is 4.43. The Morgan fingerprint density at radius 1 is 1.11 bits per heavy atom. The number of benzene rings is 2. The Balaban J connectivity index is 2.35. The lowest BCUT2D eigenvalue weighted by atomic mass is 10.1. The number of phenols is 1. The second-order valence-corrected chi connectivity index (χ2v) is 4.38. The van der Waals surface area contributed by atoms with Crippen LogP contribution in [0, 0.1) is 13.8 Å². The molecule has 98 valence electrons. The van der Waals surface area contributed by atoms with Crippen molar-refractivity contribution in [3.05, 3.63) is 53.1 Å². The Hall–Kier alpha value is -2.29. The smallest absolute Gasteiger partial charge is 0.166 e. The number of para-hydroxylation sites is 1. The number of methoxy groups -OCH3 is 1. The summed E-state index contributed by atoms with van der Waals surface area (Å²) < 4.78 is 5.07. The molecule has 0 aliphatic carbocycles. The molecule has 0 saturated heterocycles. The minimum absolute atomic E-state index is 0.110. The lowest BCUT2D eigenvalue weighted by Crippen LogP contribution is -1.88. The number of phenolic OH excluding ortho intramolecular Hbond substituents is 1. The van der Waals surface area contributed by atoms with E-state index in [0.717, 1.165) is 11.3 Å². The van der Waals surface area contributed by atoms with Crippen molar-refractivity contribution in [2.45, 2.75) is 13.8 Å². The molecule has 1 N–H and O–H groups in total. The highest BCUT2D eigenvalue weighted by molar-refractivity contribution is 5.86. The van der Waals surface area contributed by atoms with Gasteiger partial charge in [0.2, 0.25) is 0 Å². The maximum absolute atomic E-state index is 9.97. The van der Waals surface area contributed by atoms with Crippen LogP contribution in [0.3, 0.4) is 0 Å². The Morgan fingerprint density at radius 2 is 1.84 bits per heavy atom. The van der Waals surface area contributed by atoms with Gasteiger partial charge in [0, 0.05) is 11.8 Å². The largest absolute Gasteiger partial charge is 0.504 e. The number of nitrogens with zero attached hydrogens (tertiary/aromatic N) is 1. The van der Waals surface area contributed by atoms with E-state index >= 15 is 0 Å². The minimum atomic E-state index is 0.110. The summed E-state index contributed by atoms with van der Waals surface area (Å²) in [5.74, 6) is 0.559. The van der Waals surface area contributed by atoms with Crippen LogP contribution in [0.1, 0.15) is 16.7 Å². The van der Waals surface area contributed by atoms with E-state index in [4.69, 9.17) is 4.74 Å². The van der Waals surface area contributed by atoms with Crippen molar-refractivity contribution >= 4 is 11.9 Å². The normalized spacial score (nSPS) is 10.9. The number of hydrogen-bond acceptors (Lipinski definition) is 3. The average Bonchev–Trinajstić information content (AvgIpc) is 2.42. The van der Waals surface area contributed by atoms with Gasteiger partial charge in [0.1, 0.15) is 0 Å². The van der Waals surface area contributed by atoms with Crippen LogP contribution in [-0.2, 0) is 0 Å². The fourth-order valence-corrected chi connectivity index (χ4v) is 1.82. The Labute approximate surface area is 113 Å². The first-order valence-electron chi connectivity index (χ1n) is 6.09. The maximum Gasteiger partial charge on any atom is 0.166 e. The molecule has 0 fully saturated rings. The molecule has 0 aromatic heterocycles. The fraction of sp³-hybridized carbons (Fsp3) is 0.188. The van der Waals surface area contributed by atoms with Gasteiger partial charge in [-0.05, 0) is 43.2 Å². The number of rotatable bonds is 3. The van der Waals surface area contributed by atoms with Gasteiger partial charge >= 0.3 is 0 Å². The molecule has 0 bridgehead atoms. The first-order valence-corrected chi connectivity index (χ1v) is 6.09. The highest BCUT2D eigenvalue weighted by Gasteiger charge is 2.05. The van der Waals surface area contributed by atoms with E-state index in [0.29, 0.717) is 11.3 Å². The topological polar surface area (TPSA) is 41.8 Å². The van der Waals surface area contributed by atoms with Crippen molar-refractivity contribution in [1.29, 1.82) is 0 Å². The first kappa shape index (κ1) is 13.1. The highest BCUT2D eigenvalue weighted by atomic mass is 16.5. The van der Waals surface area contributed by atoms with Gasteiger partial charge in [-0.25, -0.2) is 0 Å². The van der Waals surface area contributed by atoms with Crippen LogP contribution in [0.25, 0.3) is 0 Å². The predicted molar refractivity (Wildman–Crippen MR) is 77.8 cm³/mol. The molecule has 0 unspecified atom stereocenters. The summed E-state index contributed by atoms with van der Waals surface area (Å²) >= 11 is 0. The molecule has 0 saturated carbocycles. The molecule has 3 heteroatoms. The summed E-state index contributed by atoms with van der Waals surface area (Å²) in [6, 6.07) is 11.3. The molecule has 0 amide bonds. The third-order valence-corrected chi connectivity index (χ3v) is 3.17. The number of aryl methyl sites for hydroxylation is 1. The van der Waals surface area contributed by atoms with E-state index in [1.54, 1.807) is 18.3 Å². The molecule has 0 spiro atoms. The minimum Gasteiger partial charge on any atom is -0.504 e. The van der Waals surface area contributed by atoms with Gasteiger partial charge in [-0.2, -0.15) is 0 Å². The van der Waals surface area contributed by atoms with Gasteiger partial charge < -0.3 is 9.84 Å². The van der Waals surface area contributed by atoms with Gasteiger partial charge in [-0.15, -0.1) is 0 Å². The number of ether oxygens (including phenoxy) is 1. The van der Waals surface area contributed by atoms with Crippen LogP contribution in [0.2, 0.25) is 0 Å². The van der Waals surface area contributed by atoms with Crippen LogP contribution >= 0.6 is 0 Å². The zero-order chi connectivity index (χ0) is 13.8. The Bertz CT molecular complexity index is 618. The van der Waals surface area contributed by atoms with Crippen molar-refractivity contribution in [3.63, 3.8) is 0 Å². The second-order valence-electron chi connectivity index (χ2n) is 4.38. The summed E-state index contributed by atoms with van der Waals surface area (Å²) in [5, 5.41) is 9.97. The monoisotopic (exact) mass is 255 g/mol. The number of hydrogen-bond donors (Lipinski definition) is 1. The summed E-state index contributed by atoms with van der Waals surface area (Å²) in [6.45, 7) is 4.09. The lowest BCUT2D eigenvalue weighted by molar-refractivity contribution is 0.373. The van der Waals surface area contributed by atoms with E-state index in [9.17, 15) is 5.11 Å². The van der Waals surface area contributed by atoms with Crippen molar-refractivity contribution in [3.8, 4) is 11.5 Å². The third kappa shape index (κ3) is 2.76. The molecule has 2 rings (SSSR count). The first-order chi connectivity index (χ1) is 9.13.